The van der Waals surface area contributed by atoms with E-state index in [4.69, 9.17) is 0 Å². The summed E-state index contributed by atoms with van der Waals surface area (Å²) >= 11 is 0. The lowest BCUT2D eigenvalue weighted by atomic mass is 10.0. The third-order valence-corrected chi connectivity index (χ3v) is 5.77. The molecule has 3 nitrogen and oxygen atoms in total. The van der Waals surface area contributed by atoms with E-state index in [2.05, 4.69) is 28.8 Å². The molecule has 3 heterocycles. The first kappa shape index (κ1) is 10.8. The minimum absolute atomic E-state index is 0.987. The Morgan fingerprint density at radius 1 is 0.765 bits per heavy atom. The van der Waals surface area contributed by atoms with E-state index in [0.29, 0.717) is 0 Å². The molecule has 0 N–H and O–H groups in total. The molecule has 4 fully saturated rings. The molecule has 0 aromatic carbocycles. The predicted octanol–water partition coefficient (Wildman–Crippen LogP) is 0.287. The molecule has 0 bridgehead atoms. The fraction of sp³-hybridized carbons (Fsp3) is 1.00. The van der Waals surface area contributed by atoms with Crippen molar-refractivity contribution in [1.82, 2.24) is 14.7 Å². The van der Waals surface area contributed by atoms with Gasteiger partial charge in [0.15, 0.2) is 0 Å². The first-order chi connectivity index (χ1) is 8.20. The fourth-order valence-electron chi connectivity index (χ4n) is 4.90. The van der Waals surface area contributed by atoms with Crippen molar-refractivity contribution < 1.29 is 0 Å². The van der Waals surface area contributed by atoms with Gasteiger partial charge in [0.2, 0.25) is 0 Å². The minimum atomic E-state index is 0.987. The molecule has 3 aliphatic heterocycles. The summed E-state index contributed by atoms with van der Waals surface area (Å²) in [4.78, 5) is 7.82. The molecule has 0 amide bonds. The average Bonchev–Trinajstić information content (AvgIpc) is 2.65. The van der Waals surface area contributed by atoms with Gasteiger partial charge in [0.05, 0.1) is 0 Å². The summed E-state index contributed by atoms with van der Waals surface area (Å²) in [6, 6.07) is 0. The van der Waals surface area contributed by atoms with Gasteiger partial charge in [-0.15, -0.1) is 0 Å². The first-order valence-electron chi connectivity index (χ1n) is 7.30. The highest BCUT2D eigenvalue weighted by atomic mass is 15.2. The van der Waals surface area contributed by atoms with Crippen LogP contribution in [0.3, 0.4) is 0 Å². The largest absolute Gasteiger partial charge is 0.306 e. The lowest BCUT2D eigenvalue weighted by molar-refractivity contribution is 0.245. The maximum Gasteiger partial charge on any atom is 0.00258 e. The second kappa shape index (κ2) is 3.69. The SMILES string of the molecule is CN1CC2CN(CC3[C@H]4CN(C)C[C@@H]34)CC2C1. The summed E-state index contributed by atoms with van der Waals surface area (Å²) < 4.78 is 0. The number of likely N-dealkylation sites (tertiary alicyclic amines) is 3. The number of hydrogen-bond donors (Lipinski definition) is 0. The summed E-state index contributed by atoms with van der Waals surface area (Å²) in [6.45, 7) is 9.64. The van der Waals surface area contributed by atoms with Gasteiger partial charge in [-0.25, -0.2) is 0 Å². The van der Waals surface area contributed by atoms with Gasteiger partial charge in [-0.2, -0.15) is 0 Å². The van der Waals surface area contributed by atoms with Crippen molar-refractivity contribution >= 4 is 0 Å². The summed E-state index contributed by atoms with van der Waals surface area (Å²) in [6.07, 6.45) is 0. The number of hydrogen-bond acceptors (Lipinski definition) is 3. The normalized spacial score (nSPS) is 50.8. The van der Waals surface area contributed by atoms with Crippen LogP contribution in [-0.4, -0.2) is 74.6 Å². The van der Waals surface area contributed by atoms with Crippen molar-refractivity contribution in [2.24, 2.45) is 29.6 Å². The molecule has 5 atom stereocenters. The standard InChI is InChI=1S/C14H25N3/c1-15-3-10-5-17(6-11(10)4-15)9-14-12-7-16(2)8-13(12)14/h10-14H,3-9H2,1-2H3/t10?,11?,12-,13+,14?. The summed E-state index contributed by atoms with van der Waals surface area (Å²) in [7, 11) is 4.56. The lowest BCUT2D eigenvalue weighted by Crippen LogP contribution is -2.31. The minimum Gasteiger partial charge on any atom is -0.306 e. The summed E-state index contributed by atoms with van der Waals surface area (Å²) in [5.74, 6) is 5.15. The van der Waals surface area contributed by atoms with Gasteiger partial charge in [-0.3, -0.25) is 0 Å². The van der Waals surface area contributed by atoms with E-state index >= 15 is 0 Å². The Labute approximate surface area is 105 Å². The van der Waals surface area contributed by atoms with Crippen molar-refractivity contribution in [2.75, 3.05) is 59.9 Å². The molecule has 17 heavy (non-hydrogen) atoms. The van der Waals surface area contributed by atoms with E-state index in [1.807, 2.05) is 0 Å². The average molecular weight is 235 g/mol. The smallest absolute Gasteiger partial charge is 0.00258 e. The zero-order chi connectivity index (χ0) is 11.6. The van der Waals surface area contributed by atoms with Gasteiger partial charge in [0, 0.05) is 45.8 Å². The summed E-state index contributed by atoms with van der Waals surface area (Å²) in [5.41, 5.74) is 0. The topological polar surface area (TPSA) is 9.72 Å². The maximum absolute atomic E-state index is 2.78. The lowest BCUT2D eigenvalue weighted by Gasteiger charge is -2.21. The molecule has 4 rings (SSSR count). The van der Waals surface area contributed by atoms with Crippen molar-refractivity contribution in [1.29, 1.82) is 0 Å². The first-order valence-corrected chi connectivity index (χ1v) is 7.30. The maximum atomic E-state index is 2.78. The van der Waals surface area contributed by atoms with Gasteiger partial charge in [0.25, 0.3) is 0 Å². The predicted molar refractivity (Wildman–Crippen MR) is 68.9 cm³/mol. The van der Waals surface area contributed by atoms with Gasteiger partial charge in [0.1, 0.15) is 0 Å². The monoisotopic (exact) mass is 235 g/mol. The van der Waals surface area contributed by atoms with E-state index in [0.717, 1.165) is 29.6 Å². The van der Waals surface area contributed by atoms with Crippen molar-refractivity contribution in [2.45, 2.75) is 0 Å². The highest BCUT2D eigenvalue weighted by molar-refractivity contribution is 5.06. The van der Waals surface area contributed by atoms with Crippen LogP contribution in [0.5, 0.6) is 0 Å². The third kappa shape index (κ3) is 1.74. The van der Waals surface area contributed by atoms with Crippen LogP contribution >= 0.6 is 0 Å². The van der Waals surface area contributed by atoms with Crippen LogP contribution in [-0.2, 0) is 0 Å². The van der Waals surface area contributed by atoms with Crippen LogP contribution in [0.1, 0.15) is 0 Å². The number of fused-ring (bicyclic) bond motifs is 2. The van der Waals surface area contributed by atoms with E-state index in [-0.39, 0.29) is 0 Å². The van der Waals surface area contributed by atoms with Gasteiger partial charge >= 0.3 is 0 Å². The van der Waals surface area contributed by atoms with Crippen molar-refractivity contribution in [3.05, 3.63) is 0 Å². The Bertz CT molecular complexity index is 293. The number of rotatable bonds is 2. The van der Waals surface area contributed by atoms with E-state index < -0.39 is 0 Å². The van der Waals surface area contributed by atoms with E-state index in [1.54, 1.807) is 0 Å². The van der Waals surface area contributed by atoms with Gasteiger partial charge < -0.3 is 14.7 Å². The Morgan fingerprint density at radius 3 is 1.88 bits per heavy atom. The molecule has 0 aromatic rings. The zero-order valence-corrected chi connectivity index (χ0v) is 11.2. The van der Waals surface area contributed by atoms with Crippen LogP contribution in [0.15, 0.2) is 0 Å². The molecule has 0 radical (unpaired) electrons. The highest BCUT2D eigenvalue weighted by Crippen LogP contribution is 2.52. The Kier molecular flexibility index (Phi) is 2.34. The molecule has 96 valence electrons. The van der Waals surface area contributed by atoms with Gasteiger partial charge in [-0.1, -0.05) is 0 Å². The Balaban J connectivity index is 1.30. The van der Waals surface area contributed by atoms with Crippen LogP contribution in [0.25, 0.3) is 0 Å². The Morgan fingerprint density at radius 2 is 1.29 bits per heavy atom. The Hall–Kier alpha value is -0.120. The number of nitrogens with zero attached hydrogens (tertiary/aromatic N) is 3. The molecule has 3 unspecified atom stereocenters. The van der Waals surface area contributed by atoms with Crippen LogP contribution in [0.2, 0.25) is 0 Å². The van der Waals surface area contributed by atoms with Crippen molar-refractivity contribution in [3.8, 4) is 0 Å². The zero-order valence-electron chi connectivity index (χ0n) is 11.2. The molecule has 1 aliphatic carbocycles. The molecule has 4 aliphatic rings. The quantitative estimate of drug-likeness (QED) is 0.681. The fourth-order valence-corrected chi connectivity index (χ4v) is 4.90. The van der Waals surface area contributed by atoms with Crippen LogP contribution in [0.4, 0.5) is 0 Å². The molecular weight excluding hydrogens is 210 g/mol. The molecular formula is C14H25N3. The number of piperidine rings is 1. The highest BCUT2D eigenvalue weighted by Gasteiger charge is 2.55. The van der Waals surface area contributed by atoms with Gasteiger partial charge in [-0.05, 0) is 43.7 Å². The molecule has 0 aromatic heterocycles. The van der Waals surface area contributed by atoms with Crippen molar-refractivity contribution in [3.63, 3.8) is 0 Å². The third-order valence-electron chi connectivity index (χ3n) is 5.77. The van der Waals surface area contributed by atoms with E-state index in [9.17, 15) is 0 Å². The second-order valence-corrected chi connectivity index (χ2v) is 7.17. The molecule has 1 saturated carbocycles. The molecule has 0 spiro atoms. The second-order valence-electron chi connectivity index (χ2n) is 7.17. The van der Waals surface area contributed by atoms with Crippen LogP contribution < -0.4 is 0 Å². The van der Waals surface area contributed by atoms with Crippen LogP contribution in [0, 0.1) is 29.6 Å². The van der Waals surface area contributed by atoms with E-state index in [1.165, 1.54) is 45.8 Å². The molecule has 3 saturated heterocycles. The molecule has 3 heteroatoms. The summed E-state index contributed by atoms with van der Waals surface area (Å²) in [5, 5.41) is 0.